The number of aryl methyl sites for hydroxylation is 1. The van der Waals surface area contributed by atoms with Crippen molar-refractivity contribution in [1.29, 1.82) is 0 Å². The quantitative estimate of drug-likeness (QED) is 0.737. The van der Waals surface area contributed by atoms with Crippen LogP contribution in [0.5, 0.6) is 0 Å². The van der Waals surface area contributed by atoms with Crippen molar-refractivity contribution in [3.05, 3.63) is 29.8 Å². The molecule has 1 aromatic carbocycles. The zero-order chi connectivity index (χ0) is 23.4. The number of carbonyl (C=O) groups is 1. The van der Waals surface area contributed by atoms with Crippen molar-refractivity contribution in [2.45, 2.75) is 55.3 Å². The van der Waals surface area contributed by atoms with Gasteiger partial charge in [-0.05, 0) is 58.8 Å². The number of sulfonamides is 1. The Bertz CT molecular complexity index is 849. The maximum atomic E-state index is 12.8. The predicted octanol–water partition coefficient (Wildman–Crippen LogP) is 2.89. The summed E-state index contributed by atoms with van der Waals surface area (Å²) in [6, 6.07) is 7.63. The molecule has 1 N–H and O–H groups in total. The van der Waals surface area contributed by atoms with E-state index in [9.17, 15) is 21.6 Å². The van der Waals surface area contributed by atoms with E-state index >= 15 is 0 Å². The highest BCUT2D eigenvalue weighted by Crippen LogP contribution is 2.37. The van der Waals surface area contributed by atoms with E-state index < -0.39 is 22.2 Å². The van der Waals surface area contributed by atoms with E-state index in [1.54, 1.807) is 16.4 Å². The number of halogens is 3. The lowest BCUT2D eigenvalue weighted by Gasteiger charge is -2.47. The Morgan fingerprint density at radius 1 is 1.19 bits per heavy atom. The van der Waals surface area contributed by atoms with Crippen LogP contribution in [0.25, 0.3) is 0 Å². The number of piperidine rings is 1. The molecule has 0 radical (unpaired) electrons. The lowest BCUT2D eigenvalue weighted by molar-refractivity contribution is -0.192. The maximum Gasteiger partial charge on any atom is 0.490 e. The van der Waals surface area contributed by atoms with Crippen molar-refractivity contribution < 1.29 is 36.2 Å². The molecule has 2 fully saturated rings. The van der Waals surface area contributed by atoms with E-state index in [-0.39, 0.29) is 5.60 Å². The van der Waals surface area contributed by atoms with Crippen LogP contribution in [0.2, 0.25) is 0 Å². The van der Waals surface area contributed by atoms with Crippen LogP contribution in [0, 0.1) is 6.92 Å². The molecule has 31 heavy (non-hydrogen) atoms. The van der Waals surface area contributed by atoms with Crippen LogP contribution in [-0.4, -0.2) is 80.3 Å². The summed E-state index contributed by atoms with van der Waals surface area (Å²) in [5, 5.41) is 7.12. The summed E-state index contributed by atoms with van der Waals surface area (Å²) >= 11 is 0. The van der Waals surface area contributed by atoms with Gasteiger partial charge in [-0.15, -0.1) is 0 Å². The van der Waals surface area contributed by atoms with Gasteiger partial charge in [-0.2, -0.15) is 17.5 Å². The molecule has 1 atom stereocenters. The molecule has 0 aromatic heterocycles. The third kappa shape index (κ3) is 6.64. The summed E-state index contributed by atoms with van der Waals surface area (Å²) < 4.78 is 65.1. The van der Waals surface area contributed by atoms with Crippen LogP contribution in [0.4, 0.5) is 13.2 Å². The van der Waals surface area contributed by atoms with Crippen LogP contribution in [0.15, 0.2) is 29.2 Å². The number of ether oxygens (including phenoxy) is 1. The smallest absolute Gasteiger partial charge is 0.475 e. The Hall–Kier alpha value is -1.69. The second kappa shape index (κ2) is 9.85. The fraction of sp³-hybridized carbons (Fsp3) is 0.650. The molecule has 2 saturated heterocycles. The number of aliphatic carboxylic acids is 1. The van der Waals surface area contributed by atoms with Crippen molar-refractivity contribution in [2.75, 3.05) is 33.8 Å². The zero-order valence-corrected chi connectivity index (χ0v) is 18.7. The fourth-order valence-electron chi connectivity index (χ4n) is 3.78. The molecule has 7 nitrogen and oxygen atoms in total. The summed E-state index contributed by atoms with van der Waals surface area (Å²) in [6.07, 6.45) is -1.47. The van der Waals surface area contributed by atoms with Gasteiger partial charge in [0.15, 0.2) is 0 Å². The zero-order valence-electron chi connectivity index (χ0n) is 17.9. The summed E-state index contributed by atoms with van der Waals surface area (Å²) in [4.78, 5) is 11.5. The van der Waals surface area contributed by atoms with Crippen molar-refractivity contribution in [3.8, 4) is 0 Å². The summed E-state index contributed by atoms with van der Waals surface area (Å²) in [7, 11) is 0.827. The van der Waals surface area contributed by atoms with Gasteiger partial charge in [-0.3, -0.25) is 0 Å². The van der Waals surface area contributed by atoms with Gasteiger partial charge < -0.3 is 14.7 Å². The molecule has 0 bridgehead atoms. The average molecular weight is 467 g/mol. The molecule has 2 aliphatic rings. The van der Waals surface area contributed by atoms with Gasteiger partial charge in [-0.25, -0.2) is 13.2 Å². The normalized spacial score (nSPS) is 22.1. The molecule has 0 saturated carbocycles. The van der Waals surface area contributed by atoms with Crippen LogP contribution in [0.3, 0.4) is 0 Å². The first kappa shape index (κ1) is 25.6. The first-order valence-electron chi connectivity index (χ1n) is 9.94. The second-order valence-corrected chi connectivity index (χ2v) is 10.1. The van der Waals surface area contributed by atoms with Crippen molar-refractivity contribution in [2.24, 2.45) is 0 Å². The number of alkyl halides is 3. The van der Waals surface area contributed by atoms with E-state index in [2.05, 4.69) is 19.0 Å². The number of carboxylic acid groups (broad SMARTS) is 1. The van der Waals surface area contributed by atoms with Crippen LogP contribution < -0.4 is 0 Å². The molecule has 3 rings (SSSR count). The molecule has 11 heteroatoms. The minimum atomic E-state index is -5.08. The Kier molecular flexibility index (Phi) is 8.12. The highest BCUT2D eigenvalue weighted by Gasteiger charge is 2.43. The molecule has 1 spiro atoms. The summed E-state index contributed by atoms with van der Waals surface area (Å²) in [5.74, 6) is -2.76. The Morgan fingerprint density at radius 3 is 2.16 bits per heavy atom. The molecular weight excluding hydrogens is 437 g/mol. The predicted molar refractivity (Wildman–Crippen MR) is 108 cm³/mol. The minimum Gasteiger partial charge on any atom is -0.475 e. The van der Waals surface area contributed by atoms with Crippen LogP contribution >= 0.6 is 0 Å². The Morgan fingerprint density at radius 2 is 1.71 bits per heavy atom. The van der Waals surface area contributed by atoms with Gasteiger partial charge in [0.25, 0.3) is 0 Å². The van der Waals surface area contributed by atoms with E-state index in [1.165, 1.54) is 0 Å². The maximum absolute atomic E-state index is 12.8. The van der Waals surface area contributed by atoms with E-state index in [0.29, 0.717) is 24.0 Å². The standard InChI is InChI=1S/C18H28N2O3S.C2HF3O2/c1-15-4-6-17(7-5-15)24(21,22)20-11-9-18(10-12-20)14-16(19(2)3)8-13-23-18;3-2(4,5)1(6)7/h4-7,16H,8-14H2,1-3H3;(H,6,7). The molecule has 0 amide bonds. The summed E-state index contributed by atoms with van der Waals surface area (Å²) in [6.45, 7) is 3.81. The number of nitrogens with zero attached hydrogens (tertiary/aromatic N) is 2. The molecule has 1 aromatic rings. The highest BCUT2D eigenvalue weighted by molar-refractivity contribution is 7.89. The number of benzene rings is 1. The number of hydrogen-bond acceptors (Lipinski definition) is 5. The lowest BCUT2D eigenvalue weighted by atomic mass is 9.82. The van der Waals surface area contributed by atoms with E-state index in [4.69, 9.17) is 14.6 Å². The van der Waals surface area contributed by atoms with E-state index in [1.807, 2.05) is 19.1 Å². The van der Waals surface area contributed by atoms with Gasteiger partial charge in [0.05, 0.1) is 10.5 Å². The molecule has 2 heterocycles. The van der Waals surface area contributed by atoms with Gasteiger partial charge in [-0.1, -0.05) is 17.7 Å². The third-order valence-electron chi connectivity index (χ3n) is 5.73. The topological polar surface area (TPSA) is 87.2 Å². The van der Waals surface area contributed by atoms with Crippen molar-refractivity contribution >= 4 is 16.0 Å². The number of hydrogen-bond donors (Lipinski definition) is 1. The molecule has 1 unspecified atom stereocenters. The van der Waals surface area contributed by atoms with Crippen molar-refractivity contribution in [1.82, 2.24) is 9.21 Å². The van der Waals surface area contributed by atoms with Gasteiger partial charge >= 0.3 is 12.1 Å². The fourth-order valence-corrected chi connectivity index (χ4v) is 5.23. The average Bonchev–Trinajstić information content (AvgIpc) is 2.68. The van der Waals surface area contributed by atoms with Crippen LogP contribution in [-0.2, 0) is 19.6 Å². The molecule has 0 aliphatic carbocycles. The van der Waals surface area contributed by atoms with Gasteiger partial charge in [0.2, 0.25) is 10.0 Å². The lowest BCUT2D eigenvalue weighted by Crippen LogP contribution is -2.53. The van der Waals surface area contributed by atoms with E-state index in [0.717, 1.165) is 37.9 Å². The monoisotopic (exact) mass is 466 g/mol. The minimum absolute atomic E-state index is 0.146. The highest BCUT2D eigenvalue weighted by atomic mass is 32.2. The SMILES string of the molecule is Cc1ccc(S(=O)(=O)N2CCC3(CC2)CC(N(C)C)CCO3)cc1.O=C(O)C(F)(F)F. The first-order valence-corrected chi connectivity index (χ1v) is 11.4. The molecule has 2 aliphatic heterocycles. The van der Waals surface area contributed by atoms with Crippen LogP contribution in [0.1, 0.15) is 31.2 Å². The Balaban J connectivity index is 0.000000423. The molecular formula is C20H29F3N2O5S. The number of carboxylic acids is 1. The van der Waals surface area contributed by atoms with Crippen molar-refractivity contribution in [3.63, 3.8) is 0 Å². The largest absolute Gasteiger partial charge is 0.490 e. The summed E-state index contributed by atoms with van der Waals surface area (Å²) in [5.41, 5.74) is 0.920. The molecule has 176 valence electrons. The first-order chi connectivity index (χ1) is 14.3. The Labute approximate surface area is 180 Å². The second-order valence-electron chi connectivity index (χ2n) is 8.16. The van der Waals surface area contributed by atoms with Gasteiger partial charge in [0, 0.05) is 25.7 Å². The third-order valence-corrected chi connectivity index (χ3v) is 7.65. The number of rotatable bonds is 3. The van der Waals surface area contributed by atoms with Gasteiger partial charge in [0.1, 0.15) is 0 Å².